The molecular formula is C64H121O11P. The number of allylic oxidation sites excluding steroid dienone is 4. The summed E-state index contributed by atoms with van der Waals surface area (Å²) < 4.78 is 39.7. The van der Waals surface area contributed by atoms with Crippen LogP contribution in [0.15, 0.2) is 24.3 Å². The lowest BCUT2D eigenvalue weighted by atomic mass is 10.0. The van der Waals surface area contributed by atoms with Crippen molar-refractivity contribution in [3.05, 3.63) is 24.3 Å². The van der Waals surface area contributed by atoms with Gasteiger partial charge in [-0.2, -0.15) is 0 Å². The van der Waals surface area contributed by atoms with E-state index in [-0.39, 0.29) is 25.9 Å². The maximum absolute atomic E-state index is 12.9. The third kappa shape index (κ3) is 56.7. The Morgan fingerprint density at radius 2 is 0.645 bits per heavy atom. The van der Waals surface area contributed by atoms with Gasteiger partial charge in [0.05, 0.1) is 19.8 Å². The molecule has 0 aliphatic rings. The van der Waals surface area contributed by atoms with Crippen LogP contribution >= 0.6 is 7.82 Å². The number of hydrogen-bond donors (Lipinski definition) is 2. The Morgan fingerprint density at radius 1 is 0.368 bits per heavy atom. The van der Waals surface area contributed by atoms with Gasteiger partial charge in [0.15, 0.2) is 6.10 Å². The Balaban J connectivity index is 4.65. The molecule has 0 heterocycles. The minimum absolute atomic E-state index is 0.169. The maximum Gasteiger partial charge on any atom is 0.472 e. The normalized spacial score (nSPS) is 13.4. The van der Waals surface area contributed by atoms with Gasteiger partial charge in [-0.3, -0.25) is 23.4 Å². The Morgan fingerprint density at radius 3 is 1.00 bits per heavy atom. The minimum atomic E-state index is -4.74. The fourth-order valence-electron chi connectivity index (χ4n) is 9.45. The molecule has 0 saturated heterocycles. The van der Waals surface area contributed by atoms with Gasteiger partial charge in [-0.15, -0.1) is 0 Å². The molecule has 11 nitrogen and oxygen atoms in total. The zero-order valence-electron chi connectivity index (χ0n) is 49.7. The van der Waals surface area contributed by atoms with Crippen LogP contribution < -0.4 is 0 Å². The average molecular weight is 1100 g/mol. The van der Waals surface area contributed by atoms with E-state index in [4.69, 9.17) is 23.3 Å². The third-order valence-corrected chi connectivity index (χ3v) is 15.3. The molecule has 448 valence electrons. The number of ether oxygens (including phenoxy) is 3. The zero-order valence-corrected chi connectivity index (χ0v) is 50.6. The summed E-state index contributed by atoms with van der Waals surface area (Å²) in [7, 11) is -4.74. The fourth-order valence-corrected chi connectivity index (χ4v) is 10.2. The zero-order chi connectivity index (χ0) is 55.5. The molecule has 0 aliphatic carbocycles. The van der Waals surface area contributed by atoms with Gasteiger partial charge >= 0.3 is 25.7 Å². The summed E-state index contributed by atoms with van der Waals surface area (Å²) in [5, 5.41) is 9.84. The quantitative estimate of drug-likeness (QED) is 0.0197. The smallest absolute Gasteiger partial charge is 0.462 e. The van der Waals surface area contributed by atoms with Crippen molar-refractivity contribution >= 4 is 25.7 Å². The Hall–Kier alpha value is -2.04. The molecule has 0 fully saturated rings. The summed E-state index contributed by atoms with van der Waals surface area (Å²) in [6.07, 6.45) is 61.2. The molecule has 3 atom stereocenters. The minimum Gasteiger partial charge on any atom is -0.462 e. The van der Waals surface area contributed by atoms with Crippen LogP contribution in [0.5, 0.6) is 0 Å². The van der Waals surface area contributed by atoms with E-state index in [1.807, 2.05) is 0 Å². The predicted octanol–water partition coefficient (Wildman–Crippen LogP) is 19.4. The molecule has 0 aromatic carbocycles. The lowest BCUT2D eigenvalue weighted by Crippen LogP contribution is -2.30. The van der Waals surface area contributed by atoms with Crippen LogP contribution in [0.25, 0.3) is 0 Å². The molecule has 2 N–H and O–H groups in total. The van der Waals surface area contributed by atoms with Crippen molar-refractivity contribution in [3.63, 3.8) is 0 Å². The summed E-state index contributed by atoms with van der Waals surface area (Å²) in [4.78, 5) is 48.7. The summed E-state index contributed by atoms with van der Waals surface area (Å²) in [6, 6.07) is 0. The highest BCUT2D eigenvalue weighted by Crippen LogP contribution is 2.43. The van der Waals surface area contributed by atoms with E-state index in [1.165, 1.54) is 199 Å². The summed E-state index contributed by atoms with van der Waals surface area (Å²) >= 11 is 0. The van der Waals surface area contributed by atoms with Gasteiger partial charge in [0.1, 0.15) is 12.7 Å². The van der Waals surface area contributed by atoms with Gasteiger partial charge in [-0.25, -0.2) is 4.57 Å². The summed E-state index contributed by atoms with van der Waals surface area (Å²) in [5.74, 6) is -1.44. The Bertz CT molecular complexity index is 1370. The Labute approximate surface area is 468 Å². The molecule has 0 spiro atoms. The number of aliphatic hydroxyl groups is 1. The highest BCUT2D eigenvalue weighted by atomic mass is 31.2. The molecule has 0 bridgehead atoms. The highest BCUT2D eigenvalue weighted by molar-refractivity contribution is 7.47. The lowest BCUT2D eigenvalue weighted by molar-refractivity contribution is -0.161. The van der Waals surface area contributed by atoms with E-state index in [2.05, 4.69) is 45.1 Å². The first kappa shape index (κ1) is 74.0. The molecule has 76 heavy (non-hydrogen) atoms. The van der Waals surface area contributed by atoms with Crippen molar-refractivity contribution in [1.82, 2.24) is 0 Å². The van der Waals surface area contributed by atoms with Crippen LogP contribution in [0.4, 0.5) is 0 Å². The molecule has 0 amide bonds. The molecule has 0 aromatic heterocycles. The lowest BCUT2D eigenvalue weighted by Gasteiger charge is -2.21. The van der Waals surface area contributed by atoms with E-state index in [9.17, 15) is 28.9 Å². The number of hydrogen-bond acceptors (Lipinski definition) is 10. The van der Waals surface area contributed by atoms with Crippen LogP contribution in [0.3, 0.4) is 0 Å². The summed E-state index contributed by atoms with van der Waals surface area (Å²) in [5.41, 5.74) is 0. The van der Waals surface area contributed by atoms with Gasteiger partial charge in [-0.05, 0) is 51.4 Å². The van der Waals surface area contributed by atoms with Crippen LogP contribution in [-0.4, -0.2) is 66.5 Å². The van der Waals surface area contributed by atoms with Crippen molar-refractivity contribution in [1.29, 1.82) is 0 Å². The van der Waals surface area contributed by atoms with E-state index >= 15 is 0 Å². The SMILES string of the molecule is CCCCC/C=C\C/C=C\CCCCCCCCCCCC(=O)OC(COC(=O)CCCCCCCCCCCCCCCCC)COP(=O)(O)OCC(CO)OC(=O)CCCCCCCCCCCCCCCCC. The number of rotatable bonds is 61. The van der Waals surface area contributed by atoms with E-state index < -0.39 is 57.8 Å². The second-order valence-electron chi connectivity index (χ2n) is 21.9. The van der Waals surface area contributed by atoms with E-state index in [0.29, 0.717) is 19.3 Å². The predicted molar refractivity (Wildman–Crippen MR) is 316 cm³/mol. The van der Waals surface area contributed by atoms with Crippen LogP contribution in [0.1, 0.15) is 329 Å². The number of carbonyl (C=O) groups is 3. The topological polar surface area (TPSA) is 155 Å². The monoisotopic (exact) mass is 1100 g/mol. The van der Waals surface area contributed by atoms with Crippen LogP contribution in [0.2, 0.25) is 0 Å². The molecule has 0 aromatic rings. The van der Waals surface area contributed by atoms with Crippen molar-refractivity contribution in [2.45, 2.75) is 341 Å². The first-order valence-electron chi connectivity index (χ1n) is 32.2. The van der Waals surface area contributed by atoms with Crippen molar-refractivity contribution < 1.29 is 52.2 Å². The number of phosphoric ester groups is 1. The number of phosphoric acid groups is 1. The number of esters is 3. The second-order valence-corrected chi connectivity index (χ2v) is 23.4. The van der Waals surface area contributed by atoms with Gasteiger partial charge in [0.2, 0.25) is 0 Å². The maximum atomic E-state index is 12.9. The third-order valence-electron chi connectivity index (χ3n) is 14.4. The molecule has 0 aliphatic heterocycles. The fraction of sp³-hybridized carbons (Fsp3) is 0.891. The first-order valence-corrected chi connectivity index (χ1v) is 33.7. The molecule has 12 heteroatoms. The van der Waals surface area contributed by atoms with Gasteiger partial charge in [0.25, 0.3) is 0 Å². The van der Waals surface area contributed by atoms with E-state index in [1.54, 1.807) is 0 Å². The largest absolute Gasteiger partial charge is 0.472 e. The number of unbranched alkanes of at least 4 members (excludes halogenated alkanes) is 40. The van der Waals surface area contributed by atoms with E-state index in [0.717, 1.165) is 70.6 Å². The number of carbonyl (C=O) groups excluding carboxylic acids is 3. The van der Waals surface area contributed by atoms with Crippen molar-refractivity contribution in [3.8, 4) is 0 Å². The second kappa shape index (κ2) is 59.1. The average Bonchev–Trinajstić information content (AvgIpc) is 3.41. The van der Waals surface area contributed by atoms with Gasteiger partial charge in [-0.1, -0.05) is 283 Å². The van der Waals surface area contributed by atoms with Crippen LogP contribution in [-0.2, 0) is 42.2 Å². The molecular weight excluding hydrogens is 976 g/mol. The Kier molecular flexibility index (Phi) is 57.5. The molecule has 0 saturated carbocycles. The number of aliphatic hydroxyl groups excluding tert-OH is 1. The van der Waals surface area contributed by atoms with Crippen molar-refractivity contribution in [2.24, 2.45) is 0 Å². The first-order chi connectivity index (χ1) is 37.2. The molecule has 3 unspecified atom stereocenters. The van der Waals surface area contributed by atoms with Gasteiger partial charge in [0, 0.05) is 19.3 Å². The van der Waals surface area contributed by atoms with Gasteiger partial charge < -0.3 is 24.2 Å². The van der Waals surface area contributed by atoms with Crippen molar-refractivity contribution in [2.75, 3.05) is 26.4 Å². The van der Waals surface area contributed by atoms with Crippen LogP contribution in [0, 0.1) is 0 Å². The molecule has 0 rings (SSSR count). The molecule has 0 radical (unpaired) electrons. The highest BCUT2D eigenvalue weighted by Gasteiger charge is 2.28. The summed E-state index contributed by atoms with van der Waals surface area (Å²) in [6.45, 7) is 4.70. The standard InChI is InChI=1S/C64H121O11P/c1-4-7-10-13-16-19-22-25-28-29-30-31-34-37-40-43-46-49-52-55-64(68)75-61(57-71-62(66)53-50-47-44-41-38-35-32-26-23-20-17-14-11-8-5-2)59-73-76(69,70)72-58-60(56-65)74-63(67)54-51-48-45-42-39-36-33-27-24-21-18-15-12-9-6-3/h16,19,25,28,60-61,65H,4-15,17-18,20-24,26-27,29-59H2,1-3H3,(H,69,70)/b19-16-,28-25-.